The zero-order valence-corrected chi connectivity index (χ0v) is 16.4. The van der Waals surface area contributed by atoms with E-state index in [0.29, 0.717) is 17.6 Å². The van der Waals surface area contributed by atoms with Crippen molar-refractivity contribution < 1.29 is 8.42 Å². The van der Waals surface area contributed by atoms with E-state index in [1.807, 2.05) is 32.0 Å². The van der Waals surface area contributed by atoms with Crippen LogP contribution in [0.25, 0.3) is 10.9 Å². The Kier molecular flexibility index (Phi) is 4.69. The van der Waals surface area contributed by atoms with Gasteiger partial charge in [-0.3, -0.25) is 18.7 Å². The van der Waals surface area contributed by atoms with E-state index >= 15 is 0 Å². The van der Waals surface area contributed by atoms with Gasteiger partial charge >= 0.3 is 5.69 Å². The molecule has 0 spiro atoms. The number of fused-ring (bicyclic) bond motifs is 1. The van der Waals surface area contributed by atoms with Gasteiger partial charge in [-0.15, -0.1) is 0 Å². The van der Waals surface area contributed by atoms with Crippen molar-refractivity contribution in [3.8, 4) is 0 Å². The van der Waals surface area contributed by atoms with E-state index in [0.717, 1.165) is 15.7 Å². The van der Waals surface area contributed by atoms with E-state index in [4.69, 9.17) is 0 Å². The molecule has 1 N–H and O–H groups in total. The van der Waals surface area contributed by atoms with E-state index in [1.54, 1.807) is 0 Å². The largest absolute Gasteiger partial charge is 0.330 e. The normalized spacial score (nSPS) is 11.7. The van der Waals surface area contributed by atoms with Crippen molar-refractivity contribution in [3.63, 3.8) is 0 Å². The molecule has 2 aromatic carbocycles. The van der Waals surface area contributed by atoms with E-state index < -0.39 is 21.3 Å². The maximum absolute atomic E-state index is 12.9. The SMILES string of the molecule is CCc1cccc(C)c1NS(=O)(=O)c1ccc2c(c1)c(=O)n(C)c(=O)n2C. The molecule has 0 fully saturated rings. The minimum atomic E-state index is -3.90. The molecule has 8 heteroatoms. The van der Waals surface area contributed by atoms with Crippen LogP contribution in [0.3, 0.4) is 0 Å². The molecular weight excluding hydrogens is 366 g/mol. The molecule has 1 aromatic heterocycles. The van der Waals surface area contributed by atoms with Crippen LogP contribution in [0.5, 0.6) is 0 Å². The number of benzene rings is 2. The zero-order chi connectivity index (χ0) is 19.9. The molecule has 0 unspecified atom stereocenters. The topological polar surface area (TPSA) is 90.2 Å². The number of rotatable bonds is 4. The summed E-state index contributed by atoms with van der Waals surface area (Å²) in [5, 5.41) is 0.169. The molecule has 0 saturated carbocycles. The Labute approximate surface area is 156 Å². The molecule has 142 valence electrons. The fraction of sp³-hybridized carbons (Fsp3) is 0.263. The van der Waals surface area contributed by atoms with E-state index in [1.165, 1.54) is 36.9 Å². The third kappa shape index (κ3) is 3.16. The lowest BCUT2D eigenvalue weighted by Crippen LogP contribution is -2.37. The number of hydrogen-bond acceptors (Lipinski definition) is 4. The molecule has 3 aromatic rings. The summed E-state index contributed by atoms with van der Waals surface area (Å²) < 4.78 is 30.8. The third-order valence-corrected chi connectivity index (χ3v) is 6.07. The monoisotopic (exact) mass is 387 g/mol. The van der Waals surface area contributed by atoms with Gasteiger partial charge in [0.15, 0.2) is 0 Å². The van der Waals surface area contributed by atoms with Crippen molar-refractivity contribution >= 4 is 26.6 Å². The second-order valence-corrected chi connectivity index (χ2v) is 8.14. The quantitative estimate of drug-likeness (QED) is 0.740. The van der Waals surface area contributed by atoms with Gasteiger partial charge in [0.05, 0.1) is 21.5 Å². The van der Waals surface area contributed by atoms with Crippen LogP contribution in [0.15, 0.2) is 50.9 Å². The number of aromatic nitrogens is 2. The lowest BCUT2D eigenvalue weighted by atomic mass is 10.1. The van der Waals surface area contributed by atoms with Crippen LogP contribution in [0, 0.1) is 6.92 Å². The van der Waals surface area contributed by atoms with E-state index in [2.05, 4.69) is 4.72 Å². The number of aryl methyl sites for hydroxylation is 3. The number of para-hydroxylation sites is 1. The first-order valence-corrected chi connectivity index (χ1v) is 9.96. The molecule has 1 heterocycles. The highest BCUT2D eigenvalue weighted by molar-refractivity contribution is 7.92. The summed E-state index contributed by atoms with van der Waals surface area (Å²) in [6.07, 6.45) is 0.680. The van der Waals surface area contributed by atoms with Crippen molar-refractivity contribution in [2.75, 3.05) is 4.72 Å². The molecule has 27 heavy (non-hydrogen) atoms. The Morgan fingerprint density at radius 1 is 1.04 bits per heavy atom. The summed E-state index contributed by atoms with van der Waals surface area (Å²) in [7, 11) is -0.993. The number of anilines is 1. The molecular formula is C19H21N3O4S. The number of nitrogens with one attached hydrogen (secondary N) is 1. The molecule has 7 nitrogen and oxygen atoms in total. The van der Waals surface area contributed by atoms with Gasteiger partial charge < -0.3 is 0 Å². The minimum Gasteiger partial charge on any atom is -0.296 e. The van der Waals surface area contributed by atoms with Crippen molar-refractivity contribution in [1.29, 1.82) is 0 Å². The summed E-state index contributed by atoms with van der Waals surface area (Å²) in [5.41, 5.74) is 1.64. The molecule has 0 radical (unpaired) electrons. The van der Waals surface area contributed by atoms with Crippen LogP contribution in [0.4, 0.5) is 5.69 Å². The summed E-state index contributed by atoms with van der Waals surface area (Å²) in [5.74, 6) is 0. The van der Waals surface area contributed by atoms with Crippen molar-refractivity contribution in [2.45, 2.75) is 25.2 Å². The first-order chi connectivity index (χ1) is 12.7. The molecule has 0 bridgehead atoms. The van der Waals surface area contributed by atoms with E-state index in [-0.39, 0.29) is 10.3 Å². The smallest absolute Gasteiger partial charge is 0.296 e. The second kappa shape index (κ2) is 6.70. The first-order valence-electron chi connectivity index (χ1n) is 8.48. The molecule has 3 rings (SSSR count). The van der Waals surface area contributed by atoms with Gasteiger partial charge in [0.2, 0.25) is 0 Å². The van der Waals surface area contributed by atoms with Gasteiger partial charge in [0.1, 0.15) is 0 Å². The average Bonchev–Trinajstić information content (AvgIpc) is 2.65. The lowest BCUT2D eigenvalue weighted by Gasteiger charge is -2.15. The number of nitrogens with zero attached hydrogens (tertiary/aromatic N) is 2. The van der Waals surface area contributed by atoms with Crippen LogP contribution in [-0.2, 0) is 30.5 Å². The molecule has 0 saturated heterocycles. The van der Waals surface area contributed by atoms with Crippen LogP contribution in [-0.4, -0.2) is 17.6 Å². The zero-order valence-electron chi connectivity index (χ0n) is 15.6. The van der Waals surface area contributed by atoms with Crippen LogP contribution in [0.2, 0.25) is 0 Å². The molecule has 0 aliphatic carbocycles. The van der Waals surface area contributed by atoms with Gasteiger partial charge in [0.25, 0.3) is 15.6 Å². The Hall–Kier alpha value is -2.87. The Bertz CT molecular complexity index is 1270. The average molecular weight is 387 g/mol. The molecule has 0 aliphatic heterocycles. The number of hydrogen-bond donors (Lipinski definition) is 1. The van der Waals surface area contributed by atoms with E-state index in [9.17, 15) is 18.0 Å². The minimum absolute atomic E-state index is 0.0314. The highest BCUT2D eigenvalue weighted by Crippen LogP contribution is 2.25. The summed E-state index contributed by atoms with van der Waals surface area (Å²) in [4.78, 5) is 24.4. The van der Waals surface area contributed by atoms with Crippen molar-refractivity contribution in [1.82, 2.24) is 9.13 Å². The second-order valence-electron chi connectivity index (χ2n) is 6.45. The van der Waals surface area contributed by atoms with Crippen molar-refractivity contribution in [2.24, 2.45) is 14.1 Å². The summed E-state index contributed by atoms with van der Waals surface area (Å²) >= 11 is 0. The van der Waals surface area contributed by atoms with Crippen LogP contribution < -0.4 is 16.0 Å². The highest BCUT2D eigenvalue weighted by Gasteiger charge is 2.19. The van der Waals surface area contributed by atoms with Crippen LogP contribution >= 0.6 is 0 Å². The molecule has 0 amide bonds. The van der Waals surface area contributed by atoms with Gasteiger partial charge in [-0.2, -0.15) is 0 Å². The standard InChI is InChI=1S/C19H21N3O4S/c1-5-13-8-6-7-12(2)17(13)20-27(25,26)14-9-10-16-15(11-14)18(23)22(4)19(24)21(16)3/h6-11,20H,5H2,1-4H3. The predicted molar refractivity (Wildman–Crippen MR) is 106 cm³/mol. The maximum Gasteiger partial charge on any atom is 0.330 e. The van der Waals surface area contributed by atoms with Gasteiger partial charge in [0, 0.05) is 14.1 Å². The van der Waals surface area contributed by atoms with Crippen LogP contribution in [0.1, 0.15) is 18.1 Å². The van der Waals surface area contributed by atoms with Gasteiger partial charge in [-0.1, -0.05) is 25.1 Å². The first kappa shape index (κ1) is 18.9. The summed E-state index contributed by atoms with van der Waals surface area (Å²) in [6.45, 7) is 3.79. The molecule has 0 atom stereocenters. The molecule has 0 aliphatic rings. The number of sulfonamides is 1. The fourth-order valence-corrected chi connectivity index (χ4v) is 4.30. The Morgan fingerprint density at radius 2 is 1.74 bits per heavy atom. The summed E-state index contributed by atoms with van der Waals surface area (Å²) in [6, 6.07) is 9.77. The lowest BCUT2D eigenvalue weighted by molar-refractivity contribution is 0.601. The maximum atomic E-state index is 12.9. The Morgan fingerprint density at radius 3 is 2.41 bits per heavy atom. The van der Waals surface area contributed by atoms with Gasteiger partial charge in [-0.05, 0) is 42.7 Å². The van der Waals surface area contributed by atoms with Crippen molar-refractivity contribution in [3.05, 3.63) is 68.4 Å². The Balaban J connectivity index is 2.18. The fourth-order valence-electron chi connectivity index (χ4n) is 3.10. The predicted octanol–water partition coefficient (Wildman–Crippen LogP) is 1.91. The van der Waals surface area contributed by atoms with Gasteiger partial charge in [-0.25, -0.2) is 13.2 Å². The highest BCUT2D eigenvalue weighted by atomic mass is 32.2. The third-order valence-electron chi connectivity index (χ3n) is 4.72.